The van der Waals surface area contributed by atoms with E-state index in [1.807, 2.05) is 37.3 Å². The van der Waals surface area contributed by atoms with Crippen LogP contribution >= 0.6 is 0 Å². The van der Waals surface area contributed by atoms with Gasteiger partial charge in [0.2, 0.25) is 0 Å². The van der Waals surface area contributed by atoms with Crippen LogP contribution in [0.4, 0.5) is 0 Å². The third-order valence-electron chi connectivity index (χ3n) is 2.37. The number of hydrogen-bond acceptors (Lipinski definition) is 2. The molecule has 2 heteroatoms. The average Bonchev–Trinajstić information content (AvgIpc) is 2.30. The Bertz CT molecular complexity index is 331. The van der Waals surface area contributed by atoms with Gasteiger partial charge in [0.25, 0.3) is 0 Å². The normalized spacial score (nSPS) is 12.9. The smallest absolute Gasteiger partial charge is 0.140 e. The van der Waals surface area contributed by atoms with Crippen LogP contribution in [-0.2, 0) is 11.2 Å². The zero-order chi connectivity index (χ0) is 11.8. The summed E-state index contributed by atoms with van der Waals surface area (Å²) in [5.74, 6) is 0.949. The van der Waals surface area contributed by atoms with Gasteiger partial charge in [-0.2, -0.15) is 0 Å². The maximum absolute atomic E-state index is 5.91. The quantitative estimate of drug-likeness (QED) is 0.685. The lowest BCUT2D eigenvalue weighted by molar-refractivity contribution is 0.107. The fourth-order valence-electron chi connectivity index (χ4n) is 1.58. The van der Waals surface area contributed by atoms with E-state index in [1.54, 1.807) is 7.11 Å². The Morgan fingerprint density at radius 3 is 2.69 bits per heavy atom. The molecule has 0 fully saturated rings. The molecule has 2 nitrogen and oxygen atoms in total. The highest BCUT2D eigenvalue weighted by molar-refractivity contribution is 5.33. The van der Waals surface area contributed by atoms with Crippen LogP contribution in [0.1, 0.15) is 19.4 Å². The fourth-order valence-corrected chi connectivity index (χ4v) is 1.58. The van der Waals surface area contributed by atoms with E-state index < -0.39 is 0 Å². The lowest BCUT2D eigenvalue weighted by atomic mass is 10.1. The summed E-state index contributed by atoms with van der Waals surface area (Å²) in [7, 11) is 1.69. The minimum atomic E-state index is -0.0114. The van der Waals surface area contributed by atoms with E-state index in [0.29, 0.717) is 6.61 Å². The fraction of sp³-hybridized carbons (Fsp3) is 0.429. The van der Waals surface area contributed by atoms with Crippen LogP contribution in [-0.4, -0.2) is 19.8 Å². The molecular formula is C14H20O2. The minimum absolute atomic E-state index is 0.0114. The van der Waals surface area contributed by atoms with E-state index in [-0.39, 0.29) is 6.10 Å². The molecule has 88 valence electrons. The molecule has 1 aromatic rings. The largest absolute Gasteiger partial charge is 0.484 e. The first kappa shape index (κ1) is 12.8. The van der Waals surface area contributed by atoms with Gasteiger partial charge in [-0.1, -0.05) is 31.2 Å². The molecule has 0 bridgehead atoms. The number of ether oxygens (including phenoxy) is 2. The van der Waals surface area contributed by atoms with Crippen molar-refractivity contribution in [1.29, 1.82) is 0 Å². The number of benzene rings is 1. The summed E-state index contributed by atoms with van der Waals surface area (Å²) in [5, 5.41) is 0. The Morgan fingerprint density at radius 2 is 2.06 bits per heavy atom. The first-order valence-corrected chi connectivity index (χ1v) is 5.68. The second-order valence-corrected chi connectivity index (χ2v) is 3.60. The van der Waals surface area contributed by atoms with Gasteiger partial charge in [0, 0.05) is 7.11 Å². The van der Waals surface area contributed by atoms with E-state index in [0.717, 1.165) is 12.2 Å². The van der Waals surface area contributed by atoms with Crippen molar-refractivity contribution >= 4 is 0 Å². The van der Waals surface area contributed by atoms with Crippen molar-refractivity contribution in [2.24, 2.45) is 0 Å². The summed E-state index contributed by atoms with van der Waals surface area (Å²) in [4.78, 5) is 0. The third-order valence-corrected chi connectivity index (χ3v) is 2.37. The van der Waals surface area contributed by atoms with Crippen molar-refractivity contribution < 1.29 is 9.47 Å². The predicted molar refractivity (Wildman–Crippen MR) is 66.9 cm³/mol. The van der Waals surface area contributed by atoms with E-state index in [1.165, 1.54) is 5.56 Å². The van der Waals surface area contributed by atoms with E-state index in [9.17, 15) is 0 Å². The molecule has 16 heavy (non-hydrogen) atoms. The van der Waals surface area contributed by atoms with Crippen LogP contribution < -0.4 is 4.74 Å². The Labute approximate surface area is 97.9 Å². The summed E-state index contributed by atoms with van der Waals surface area (Å²) >= 11 is 0. The highest BCUT2D eigenvalue weighted by atomic mass is 16.5. The van der Waals surface area contributed by atoms with Crippen molar-refractivity contribution in [3.8, 4) is 5.75 Å². The molecule has 0 amide bonds. The summed E-state index contributed by atoms with van der Waals surface area (Å²) < 4.78 is 11.0. The van der Waals surface area contributed by atoms with Gasteiger partial charge in [-0.25, -0.2) is 0 Å². The monoisotopic (exact) mass is 220 g/mol. The second-order valence-electron chi connectivity index (χ2n) is 3.60. The topological polar surface area (TPSA) is 18.5 Å². The molecule has 0 saturated heterocycles. The van der Waals surface area contributed by atoms with E-state index in [4.69, 9.17) is 9.47 Å². The molecular weight excluding hydrogens is 200 g/mol. The van der Waals surface area contributed by atoms with Gasteiger partial charge < -0.3 is 9.47 Å². The number of hydrogen-bond donors (Lipinski definition) is 0. The maximum Gasteiger partial charge on any atom is 0.140 e. The van der Waals surface area contributed by atoms with Gasteiger partial charge in [0.05, 0.1) is 6.61 Å². The molecule has 0 aromatic heterocycles. The summed E-state index contributed by atoms with van der Waals surface area (Å²) in [6, 6.07) is 8.13. The number of rotatable bonds is 6. The molecule has 1 unspecified atom stereocenters. The molecule has 0 spiro atoms. The predicted octanol–water partition coefficient (Wildman–Crippen LogP) is 3.22. The molecule has 1 aromatic carbocycles. The van der Waals surface area contributed by atoms with Crippen molar-refractivity contribution in [3.63, 3.8) is 0 Å². The maximum atomic E-state index is 5.91. The number of methoxy groups -OCH3 is 1. The molecule has 0 N–H and O–H groups in total. The SMILES string of the molecule is C/C=C\C(COC)Oc1ccccc1CC. The van der Waals surface area contributed by atoms with Crippen LogP contribution in [0.3, 0.4) is 0 Å². The third kappa shape index (κ3) is 3.70. The minimum Gasteiger partial charge on any atom is -0.484 e. The van der Waals surface area contributed by atoms with E-state index in [2.05, 4.69) is 13.0 Å². The van der Waals surface area contributed by atoms with Crippen molar-refractivity contribution in [1.82, 2.24) is 0 Å². The Morgan fingerprint density at radius 1 is 1.31 bits per heavy atom. The van der Waals surface area contributed by atoms with Gasteiger partial charge in [-0.05, 0) is 31.1 Å². The summed E-state index contributed by atoms with van der Waals surface area (Å²) in [6.45, 7) is 4.68. The van der Waals surface area contributed by atoms with Gasteiger partial charge >= 0.3 is 0 Å². The van der Waals surface area contributed by atoms with Gasteiger partial charge in [-0.15, -0.1) is 0 Å². The van der Waals surface area contributed by atoms with Crippen LogP contribution in [0.25, 0.3) is 0 Å². The molecule has 0 aliphatic carbocycles. The van der Waals surface area contributed by atoms with Crippen molar-refractivity contribution in [2.45, 2.75) is 26.4 Å². The average molecular weight is 220 g/mol. The summed E-state index contributed by atoms with van der Waals surface area (Å²) in [5.41, 5.74) is 1.23. The van der Waals surface area contributed by atoms with Crippen LogP contribution in [0.2, 0.25) is 0 Å². The van der Waals surface area contributed by atoms with E-state index >= 15 is 0 Å². The Balaban J connectivity index is 2.75. The molecule has 0 saturated carbocycles. The van der Waals surface area contributed by atoms with Crippen LogP contribution in [0.5, 0.6) is 5.75 Å². The highest BCUT2D eigenvalue weighted by Gasteiger charge is 2.08. The first-order chi connectivity index (χ1) is 7.81. The van der Waals surface area contributed by atoms with Crippen LogP contribution in [0.15, 0.2) is 36.4 Å². The number of allylic oxidation sites excluding steroid dienone is 1. The Kier molecular flexibility index (Phi) is 5.65. The zero-order valence-corrected chi connectivity index (χ0v) is 10.3. The standard InChI is InChI=1S/C14H20O2/c1-4-8-13(11-15-3)16-14-10-7-6-9-12(14)5-2/h4,6-10,13H,5,11H2,1-3H3/b8-4-. The van der Waals surface area contributed by atoms with Gasteiger partial charge in [-0.3, -0.25) is 0 Å². The molecule has 0 aliphatic rings. The van der Waals surface area contributed by atoms with Gasteiger partial charge in [0.1, 0.15) is 11.9 Å². The molecule has 0 aliphatic heterocycles. The molecule has 0 radical (unpaired) electrons. The highest BCUT2D eigenvalue weighted by Crippen LogP contribution is 2.20. The second kappa shape index (κ2) is 7.07. The van der Waals surface area contributed by atoms with Crippen molar-refractivity contribution in [2.75, 3.05) is 13.7 Å². The van der Waals surface area contributed by atoms with Gasteiger partial charge in [0.15, 0.2) is 0 Å². The number of para-hydroxylation sites is 1. The molecule has 1 rings (SSSR count). The lowest BCUT2D eigenvalue weighted by Crippen LogP contribution is -2.20. The zero-order valence-electron chi connectivity index (χ0n) is 10.3. The molecule has 0 heterocycles. The number of aryl methyl sites for hydroxylation is 1. The first-order valence-electron chi connectivity index (χ1n) is 5.68. The lowest BCUT2D eigenvalue weighted by Gasteiger charge is -2.17. The van der Waals surface area contributed by atoms with Crippen LogP contribution in [0, 0.1) is 0 Å². The molecule has 1 atom stereocenters. The van der Waals surface area contributed by atoms with Crippen molar-refractivity contribution in [3.05, 3.63) is 42.0 Å². The summed E-state index contributed by atoms with van der Waals surface area (Å²) in [6.07, 6.45) is 4.96. The Hall–Kier alpha value is -1.28.